The third-order valence-corrected chi connectivity index (χ3v) is 5.38. The number of para-hydroxylation sites is 3. The van der Waals surface area contributed by atoms with Gasteiger partial charge >= 0.3 is 0 Å². The van der Waals surface area contributed by atoms with Crippen LogP contribution in [0.4, 0.5) is 0 Å². The molecule has 0 saturated heterocycles. The van der Waals surface area contributed by atoms with Crippen molar-refractivity contribution in [3.8, 4) is 11.5 Å². The molecule has 0 aliphatic carbocycles. The molecule has 0 atom stereocenters. The summed E-state index contributed by atoms with van der Waals surface area (Å²) in [4.78, 5) is 4.91. The van der Waals surface area contributed by atoms with Crippen molar-refractivity contribution in [3.63, 3.8) is 0 Å². The fourth-order valence-electron chi connectivity index (χ4n) is 3.71. The summed E-state index contributed by atoms with van der Waals surface area (Å²) in [6.07, 6.45) is 2.85. The number of hydrogen-bond acceptors (Lipinski definition) is 3. The monoisotopic (exact) mass is 400 g/mol. The van der Waals surface area contributed by atoms with Gasteiger partial charge in [0.25, 0.3) is 0 Å². The third-order valence-electron chi connectivity index (χ3n) is 5.38. The summed E-state index contributed by atoms with van der Waals surface area (Å²) in [5.74, 6) is 2.95. The van der Waals surface area contributed by atoms with Crippen molar-refractivity contribution < 1.29 is 9.47 Å². The Bertz CT molecular complexity index is 1100. The summed E-state index contributed by atoms with van der Waals surface area (Å²) < 4.78 is 13.6. The van der Waals surface area contributed by atoms with Gasteiger partial charge in [-0.25, -0.2) is 4.98 Å². The Hall–Kier alpha value is -3.27. The van der Waals surface area contributed by atoms with Crippen molar-refractivity contribution in [2.75, 3.05) is 13.7 Å². The number of aromatic nitrogens is 2. The molecule has 0 amide bonds. The minimum absolute atomic E-state index is 0.727. The first-order valence-electron chi connectivity index (χ1n) is 10.5. The number of aryl methyl sites for hydroxylation is 2. The Balaban J connectivity index is 1.43. The van der Waals surface area contributed by atoms with Crippen molar-refractivity contribution in [2.45, 2.75) is 32.7 Å². The SMILES string of the molecule is COc1ccc(Cc2nc3ccccc3n2CCCCOc2ccccc2C)cc1. The highest BCUT2D eigenvalue weighted by Crippen LogP contribution is 2.21. The first kappa shape index (κ1) is 20.0. The van der Waals surface area contributed by atoms with Crippen LogP contribution >= 0.6 is 0 Å². The number of hydrogen-bond donors (Lipinski definition) is 0. The van der Waals surface area contributed by atoms with E-state index in [9.17, 15) is 0 Å². The van der Waals surface area contributed by atoms with Crippen LogP contribution < -0.4 is 9.47 Å². The van der Waals surface area contributed by atoms with Crippen molar-refractivity contribution >= 4 is 11.0 Å². The van der Waals surface area contributed by atoms with E-state index in [1.807, 2.05) is 36.4 Å². The maximum absolute atomic E-state index is 5.95. The number of benzene rings is 3. The quantitative estimate of drug-likeness (QED) is 0.333. The van der Waals surface area contributed by atoms with E-state index in [1.165, 1.54) is 16.6 Å². The summed E-state index contributed by atoms with van der Waals surface area (Å²) in [7, 11) is 1.69. The van der Waals surface area contributed by atoms with Crippen molar-refractivity contribution in [2.24, 2.45) is 0 Å². The Kier molecular flexibility index (Phi) is 6.33. The number of methoxy groups -OCH3 is 1. The van der Waals surface area contributed by atoms with Crippen LogP contribution in [0.3, 0.4) is 0 Å². The predicted molar refractivity (Wildman–Crippen MR) is 121 cm³/mol. The van der Waals surface area contributed by atoms with E-state index in [1.54, 1.807) is 7.11 Å². The zero-order valence-electron chi connectivity index (χ0n) is 17.7. The lowest BCUT2D eigenvalue weighted by Crippen LogP contribution is -2.07. The second kappa shape index (κ2) is 9.49. The lowest BCUT2D eigenvalue weighted by atomic mass is 10.1. The second-order valence-electron chi connectivity index (χ2n) is 7.51. The molecule has 154 valence electrons. The van der Waals surface area contributed by atoms with E-state index >= 15 is 0 Å². The van der Waals surface area contributed by atoms with Crippen molar-refractivity contribution in [3.05, 3.63) is 89.7 Å². The molecule has 30 heavy (non-hydrogen) atoms. The number of imidazole rings is 1. The molecule has 0 aliphatic rings. The molecule has 0 bridgehead atoms. The summed E-state index contributed by atoms with van der Waals surface area (Å²) >= 11 is 0. The summed E-state index contributed by atoms with van der Waals surface area (Å²) in [5, 5.41) is 0. The largest absolute Gasteiger partial charge is 0.497 e. The molecule has 4 heteroatoms. The van der Waals surface area contributed by atoms with Gasteiger partial charge in [0.15, 0.2) is 0 Å². The van der Waals surface area contributed by atoms with Crippen LogP contribution in [0, 0.1) is 6.92 Å². The van der Waals surface area contributed by atoms with Crippen molar-refractivity contribution in [1.29, 1.82) is 0 Å². The Morgan fingerprint density at radius 3 is 2.43 bits per heavy atom. The zero-order valence-corrected chi connectivity index (χ0v) is 17.7. The predicted octanol–water partition coefficient (Wildman–Crippen LogP) is 5.80. The van der Waals surface area contributed by atoms with Gasteiger partial charge < -0.3 is 14.0 Å². The average Bonchev–Trinajstić information content (AvgIpc) is 3.12. The molecule has 1 heterocycles. The molecule has 1 aromatic heterocycles. The molecule has 4 nitrogen and oxygen atoms in total. The maximum atomic E-state index is 5.95. The number of rotatable bonds is 9. The van der Waals surface area contributed by atoms with Crippen LogP contribution in [0.1, 0.15) is 29.8 Å². The average molecular weight is 401 g/mol. The number of unbranched alkanes of at least 4 members (excludes halogenated alkanes) is 1. The minimum Gasteiger partial charge on any atom is -0.497 e. The van der Waals surface area contributed by atoms with Gasteiger partial charge in [-0.1, -0.05) is 42.5 Å². The van der Waals surface area contributed by atoms with Crippen LogP contribution in [0.5, 0.6) is 11.5 Å². The standard InChI is InChI=1S/C26H28N2O2/c1-20-9-3-6-12-25(20)30-18-8-7-17-28-24-11-5-4-10-23(24)27-26(28)19-21-13-15-22(29-2)16-14-21/h3-6,9-16H,7-8,17-19H2,1-2H3. The van der Waals surface area contributed by atoms with Crippen LogP contribution in [0.15, 0.2) is 72.8 Å². The molecule has 0 fully saturated rings. The first-order valence-corrected chi connectivity index (χ1v) is 10.5. The molecular weight excluding hydrogens is 372 g/mol. The van der Waals surface area contributed by atoms with Crippen LogP contribution in [-0.4, -0.2) is 23.3 Å². The highest BCUT2D eigenvalue weighted by atomic mass is 16.5. The smallest absolute Gasteiger partial charge is 0.122 e. The molecule has 4 rings (SSSR count). The Labute approximate surface area is 178 Å². The van der Waals surface area contributed by atoms with Gasteiger partial charge in [0.1, 0.15) is 17.3 Å². The van der Waals surface area contributed by atoms with Crippen LogP contribution in [0.25, 0.3) is 11.0 Å². The van der Waals surface area contributed by atoms with Crippen LogP contribution in [-0.2, 0) is 13.0 Å². The van der Waals surface area contributed by atoms with E-state index in [0.29, 0.717) is 0 Å². The molecule has 3 aromatic carbocycles. The lowest BCUT2D eigenvalue weighted by Gasteiger charge is -2.11. The zero-order chi connectivity index (χ0) is 20.8. The van der Waals surface area contributed by atoms with Crippen LogP contribution in [0.2, 0.25) is 0 Å². The van der Waals surface area contributed by atoms with Gasteiger partial charge in [0, 0.05) is 13.0 Å². The first-order chi connectivity index (χ1) is 14.7. The topological polar surface area (TPSA) is 36.3 Å². The van der Waals surface area contributed by atoms with E-state index in [0.717, 1.165) is 55.3 Å². The highest BCUT2D eigenvalue weighted by Gasteiger charge is 2.11. The number of fused-ring (bicyclic) bond motifs is 1. The van der Waals surface area contributed by atoms with E-state index in [4.69, 9.17) is 14.5 Å². The Morgan fingerprint density at radius 2 is 1.63 bits per heavy atom. The minimum atomic E-state index is 0.727. The van der Waals surface area contributed by atoms with Gasteiger partial charge in [-0.15, -0.1) is 0 Å². The summed E-state index contributed by atoms with van der Waals surface area (Å²) in [6, 6.07) is 24.8. The molecule has 0 spiro atoms. The normalized spacial score (nSPS) is 11.0. The summed E-state index contributed by atoms with van der Waals surface area (Å²) in [5.41, 5.74) is 4.66. The van der Waals surface area contributed by atoms with Gasteiger partial charge in [-0.3, -0.25) is 0 Å². The molecule has 0 radical (unpaired) electrons. The maximum Gasteiger partial charge on any atom is 0.122 e. The summed E-state index contributed by atoms with van der Waals surface area (Å²) in [6.45, 7) is 3.74. The number of nitrogens with zero attached hydrogens (tertiary/aromatic N) is 2. The lowest BCUT2D eigenvalue weighted by molar-refractivity contribution is 0.301. The fraction of sp³-hybridized carbons (Fsp3) is 0.269. The number of ether oxygens (including phenoxy) is 2. The van der Waals surface area contributed by atoms with Gasteiger partial charge in [-0.05, 0) is 61.2 Å². The third kappa shape index (κ3) is 4.65. The van der Waals surface area contributed by atoms with E-state index < -0.39 is 0 Å². The molecule has 0 unspecified atom stereocenters. The highest BCUT2D eigenvalue weighted by molar-refractivity contribution is 5.76. The molecule has 4 aromatic rings. The van der Waals surface area contributed by atoms with Gasteiger partial charge in [0.2, 0.25) is 0 Å². The molecule has 0 aliphatic heterocycles. The molecule has 0 saturated carbocycles. The van der Waals surface area contributed by atoms with Gasteiger partial charge in [0.05, 0.1) is 24.8 Å². The fourth-order valence-corrected chi connectivity index (χ4v) is 3.71. The van der Waals surface area contributed by atoms with Gasteiger partial charge in [-0.2, -0.15) is 0 Å². The molecular formula is C26H28N2O2. The van der Waals surface area contributed by atoms with Crippen molar-refractivity contribution in [1.82, 2.24) is 9.55 Å². The Morgan fingerprint density at radius 1 is 0.867 bits per heavy atom. The van der Waals surface area contributed by atoms with E-state index in [2.05, 4.69) is 47.9 Å². The molecule has 0 N–H and O–H groups in total. The van der Waals surface area contributed by atoms with E-state index in [-0.39, 0.29) is 0 Å². The second-order valence-corrected chi connectivity index (χ2v) is 7.51.